The summed E-state index contributed by atoms with van der Waals surface area (Å²) >= 11 is 0. The average molecular weight is 245 g/mol. The number of nitrogens with zero attached hydrogens (tertiary/aromatic N) is 2. The van der Waals surface area contributed by atoms with Crippen LogP contribution in [0.15, 0.2) is 18.5 Å². The Hall–Kier alpha value is -1.35. The molecule has 0 bridgehead atoms. The Kier molecular flexibility index (Phi) is 3.71. The van der Waals surface area contributed by atoms with Gasteiger partial charge in [0.25, 0.3) is 0 Å². The van der Waals surface area contributed by atoms with Crippen molar-refractivity contribution < 1.29 is 0 Å². The number of imidazole rings is 1. The van der Waals surface area contributed by atoms with Crippen molar-refractivity contribution in [2.75, 3.05) is 0 Å². The van der Waals surface area contributed by atoms with Crippen molar-refractivity contribution in [3.05, 3.63) is 35.3 Å². The predicted molar refractivity (Wildman–Crippen MR) is 75.7 cm³/mol. The van der Waals surface area contributed by atoms with Crippen LogP contribution in [0.25, 0.3) is 5.65 Å². The van der Waals surface area contributed by atoms with Gasteiger partial charge in [0.1, 0.15) is 5.65 Å². The van der Waals surface area contributed by atoms with Crippen LogP contribution in [0, 0.1) is 5.92 Å². The maximum atomic E-state index is 5.69. The number of pyridine rings is 1. The summed E-state index contributed by atoms with van der Waals surface area (Å²) in [7, 11) is 0. The number of aromatic nitrogens is 2. The number of hydrogen-bond donors (Lipinski definition) is 1. The molecule has 0 fully saturated rings. The molecule has 0 aliphatic rings. The maximum Gasteiger partial charge on any atom is 0.140 e. The number of fused-ring (bicyclic) bond motifs is 1. The van der Waals surface area contributed by atoms with E-state index in [0.717, 1.165) is 17.8 Å². The second-order valence-corrected chi connectivity index (χ2v) is 5.72. The highest BCUT2D eigenvalue weighted by Gasteiger charge is 2.11. The van der Waals surface area contributed by atoms with E-state index >= 15 is 0 Å². The lowest BCUT2D eigenvalue weighted by Crippen LogP contribution is -2.01. The Labute approximate surface area is 109 Å². The molecule has 0 amide bonds. The van der Waals surface area contributed by atoms with Crippen molar-refractivity contribution in [3.8, 4) is 0 Å². The molecule has 3 nitrogen and oxygen atoms in total. The van der Waals surface area contributed by atoms with E-state index in [2.05, 4.69) is 49.3 Å². The monoisotopic (exact) mass is 245 g/mol. The summed E-state index contributed by atoms with van der Waals surface area (Å²) in [4.78, 5) is 4.62. The van der Waals surface area contributed by atoms with Gasteiger partial charge in [0.15, 0.2) is 0 Å². The Morgan fingerprint density at radius 2 is 1.94 bits per heavy atom. The zero-order valence-electron chi connectivity index (χ0n) is 11.8. The molecule has 0 unspecified atom stereocenters. The largest absolute Gasteiger partial charge is 0.325 e. The van der Waals surface area contributed by atoms with Gasteiger partial charge in [-0.25, -0.2) is 4.98 Å². The van der Waals surface area contributed by atoms with E-state index < -0.39 is 0 Å². The summed E-state index contributed by atoms with van der Waals surface area (Å²) in [6.07, 6.45) is 5.28. The van der Waals surface area contributed by atoms with Gasteiger partial charge in [0, 0.05) is 18.9 Å². The first kappa shape index (κ1) is 13.1. The van der Waals surface area contributed by atoms with Crippen molar-refractivity contribution in [2.45, 2.75) is 46.6 Å². The highest BCUT2D eigenvalue weighted by molar-refractivity contribution is 5.51. The van der Waals surface area contributed by atoms with Crippen molar-refractivity contribution in [1.82, 2.24) is 9.38 Å². The molecule has 0 atom stereocenters. The smallest absolute Gasteiger partial charge is 0.140 e. The van der Waals surface area contributed by atoms with Crippen LogP contribution in [-0.4, -0.2) is 9.38 Å². The summed E-state index contributed by atoms with van der Waals surface area (Å²) in [5.74, 6) is 1.17. The minimum atomic E-state index is 0.500. The first-order valence-corrected chi connectivity index (χ1v) is 6.71. The van der Waals surface area contributed by atoms with Crippen LogP contribution < -0.4 is 5.73 Å². The number of nitrogens with two attached hydrogens (primary N) is 1. The van der Waals surface area contributed by atoms with Gasteiger partial charge in [0.05, 0.1) is 5.69 Å². The molecule has 2 N–H and O–H groups in total. The van der Waals surface area contributed by atoms with Crippen LogP contribution in [-0.2, 0) is 13.0 Å². The fourth-order valence-electron chi connectivity index (χ4n) is 2.25. The molecule has 98 valence electrons. The van der Waals surface area contributed by atoms with Gasteiger partial charge in [-0.05, 0) is 29.4 Å². The predicted octanol–water partition coefficient (Wildman–Crippen LogP) is 3.11. The second-order valence-electron chi connectivity index (χ2n) is 5.72. The quantitative estimate of drug-likeness (QED) is 0.899. The minimum absolute atomic E-state index is 0.500. The number of rotatable bonds is 4. The highest BCUT2D eigenvalue weighted by atomic mass is 15.0. The molecule has 0 aromatic carbocycles. The lowest BCUT2D eigenvalue weighted by Gasteiger charge is -2.12. The summed E-state index contributed by atoms with van der Waals surface area (Å²) < 4.78 is 2.13. The Balaban J connectivity index is 2.59. The van der Waals surface area contributed by atoms with E-state index in [-0.39, 0.29) is 0 Å². The zero-order chi connectivity index (χ0) is 13.3. The molecule has 18 heavy (non-hydrogen) atoms. The molecule has 0 saturated carbocycles. The zero-order valence-corrected chi connectivity index (χ0v) is 11.8. The van der Waals surface area contributed by atoms with Gasteiger partial charge in [0.2, 0.25) is 0 Å². The van der Waals surface area contributed by atoms with E-state index in [1.165, 1.54) is 11.1 Å². The normalized spacial score (nSPS) is 11.9. The molecule has 2 aromatic rings. The van der Waals surface area contributed by atoms with E-state index in [1.807, 2.05) is 6.20 Å². The van der Waals surface area contributed by atoms with Crippen molar-refractivity contribution in [3.63, 3.8) is 0 Å². The SMILES string of the molecule is CC(C)Cc1cc(C(C)C)cn2cc(CN)nc12. The molecule has 0 radical (unpaired) electrons. The van der Waals surface area contributed by atoms with Gasteiger partial charge in [-0.3, -0.25) is 0 Å². The van der Waals surface area contributed by atoms with Crippen molar-refractivity contribution in [1.29, 1.82) is 0 Å². The van der Waals surface area contributed by atoms with Gasteiger partial charge >= 0.3 is 0 Å². The highest BCUT2D eigenvalue weighted by Crippen LogP contribution is 2.22. The standard InChI is InChI=1S/C15H23N3/c1-10(2)5-12-6-13(11(3)4)8-18-9-14(7-16)17-15(12)18/h6,8-11H,5,7,16H2,1-4H3. The first-order valence-electron chi connectivity index (χ1n) is 6.71. The molecule has 3 heteroatoms. The Morgan fingerprint density at radius 3 is 2.50 bits per heavy atom. The topological polar surface area (TPSA) is 43.3 Å². The van der Waals surface area contributed by atoms with Crippen molar-refractivity contribution in [2.24, 2.45) is 11.7 Å². The molecule has 0 spiro atoms. The van der Waals surface area contributed by atoms with Crippen LogP contribution in [0.5, 0.6) is 0 Å². The van der Waals surface area contributed by atoms with Crippen LogP contribution in [0.1, 0.15) is 50.4 Å². The van der Waals surface area contributed by atoms with E-state index in [0.29, 0.717) is 18.4 Å². The third-order valence-electron chi connectivity index (χ3n) is 3.20. The second kappa shape index (κ2) is 5.11. The van der Waals surface area contributed by atoms with E-state index in [4.69, 9.17) is 5.73 Å². The molecule has 2 aromatic heterocycles. The average Bonchev–Trinajstić information content (AvgIpc) is 2.71. The molecule has 2 heterocycles. The van der Waals surface area contributed by atoms with Crippen LogP contribution in [0.4, 0.5) is 0 Å². The molecule has 0 aliphatic heterocycles. The van der Waals surface area contributed by atoms with E-state index in [9.17, 15) is 0 Å². The van der Waals surface area contributed by atoms with Crippen LogP contribution in [0.3, 0.4) is 0 Å². The molecule has 2 rings (SSSR count). The number of hydrogen-bond acceptors (Lipinski definition) is 2. The maximum absolute atomic E-state index is 5.69. The lowest BCUT2D eigenvalue weighted by molar-refractivity contribution is 0.646. The van der Waals surface area contributed by atoms with Gasteiger partial charge < -0.3 is 10.1 Å². The van der Waals surface area contributed by atoms with Crippen LogP contribution >= 0.6 is 0 Å². The van der Waals surface area contributed by atoms with Crippen molar-refractivity contribution >= 4 is 5.65 Å². The third-order valence-corrected chi connectivity index (χ3v) is 3.20. The third kappa shape index (κ3) is 2.56. The van der Waals surface area contributed by atoms with Crippen LogP contribution in [0.2, 0.25) is 0 Å². The van der Waals surface area contributed by atoms with Gasteiger partial charge in [-0.1, -0.05) is 33.8 Å². The summed E-state index contributed by atoms with van der Waals surface area (Å²) in [5, 5.41) is 0. The Morgan fingerprint density at radius 1 is 1.22 bits per heavy atom. The van der Waals surface area contributed by atoms with Gasteiger partial charge in [-0.2, -0.15) is 0 Å². The first-order chi connectivity index (χ1) is 8.51. The van der Waals surface area contributed by atoms with E-state index in [1.54, 1.807) is 0 Å². The molecular formula is C15H23N3. The molecule has 0 saturated heterocycles. The summed E-state index contributed by atoms with van der Waals surface area (Å²) in [6, 6.07) is 2.30. The summed E-state index contributed by atoms with van der Waals surface area (Å²) in [6.45, 7) is 9.43. The molecule has 0 aliphatic carbocycles. The lowest BCUT2D eigenvalue weighted by atomic mass is 9.98. The minimum Gasteiger partial charge on any atom is -0.325 e. The fraction of sp³-hybridized carbons (Fsp3) is 0.533. The van der Waals surface area contributed by atoms with Gasteiger partial charge in [-0.15, -0.1) is 0 Å². The Bertz CT molecular complexity index is 538. The fourth-order valence-corrected chi connectivity index (χ4v) is 2.25. The summed E-state index contributed by atoms with van der Waals surface area (Å²) in [5.41, 5.74) is 10.4. The molecular weight excluding hydrogens is 222 g/mol.